The Bertz CT molecular complexity index is 561. The number of amides is 1. The van der Waals surface area contributed by atoms with Gasteiger partial charge in [-0.3, -0.25) is 19.3 Å². The fraction of sp³-hybridized carbons (Fsp3) is 0.625. The highest BCUT2D eigenvalue weighted by molar-refractivity contribution is 5.88. The quantitative estimate of drug-likeness (QED) is 0.776. The molecule has 7 nitrogen and oxygen atoms in total. The number of methoxy groups -OCH3 is 1. The van der Waals surface area contributed by atoms with Gasteiger partial charge in [0.25, 0.3) is 0 Å². The van der Waals surface area contributed by atoms with Gasteiger partial charge in [0.15, 0.2) is 0 Å². The van der Waals surface area contributed by atoms with Crippen LogP contribution in [0.4, 0.5) is 0 Å². The van der Waals surface area contributed by atoms with E-state index in [4.69, 9.17) is 14.0 Å². The molecule has 1 spiro atoms. The Kier molecular flexibility index (Phi) is 4.41. The average molecular weight is 322 g/mol. The predicted octanol–water partition coefficient (Wildman–Crippen LogP) is 1.20. The smallest absolute Gasteiger partial charge is 0.311 e. The lowest BCUT2D eigenvalue weighted by atomic mass is 9.77. The third-order valence-corrected chi connectivity index (χ3v) is 5.03. The number of hydroxylamine groups is 2. The molecule has 0 saturated carbocycles. The standard InChI is InChI=1S/C16H22N2O5/c1-21-15(20)13-9-14(19)18(22-2)16(13)4-6-17(7-5-16)10-12-3-8-23-11-12/h3,8,11,13H,4-7,9-10H2,1-2H3. The van der Waals surface area contributed by atoms with Crippen LogP contribution in [0, 0.1) is 5.92 Å². The number of ether oxygens (including phenoxy) is 1. The number of rotatable bonds is 4. The largest absolute Gasteiger partial charge is 0.472 e. The summed E-state index contributed by atoms with van der Waals surface area (Å²) < 4.78 is 10.0. The Labute approximate surface area is 135 Å². The summed E-state index contributed by atoms with van der Waals surface area (Å²) in [7, 11) is 2.85. The number of hydrogen-bond acceptors (Lipinski definition) is 6. The first-order valence-corrected chi connectivity index (χ1v) is 7.79. The zero-order valence-corrected chi connectivity index (χ0v) is 13.5. The SMILES string of the molecule is COC(=O)C1CC(=O)N(OC)C12CCN(Cc1ccoc1)CC2. The van der Waals surface area contributed by atoms with Gasteiger partial charge in [-0.15, -0.1) is 0 Å². The van der Waals surface area contributed by atoms with Crippen LogP contribution in [0.3, 0.4) is 0 Å². The van der Waals surface area contributed by atoms with Gasteiger partial charge >= 0.3 is 5.97 Å². The van der Waals surface area contributed by atoms with Gasteiger partial charge in [-0.05, 0) is 18.9 Å². The molecule has 2 aliphatic rings. The number of carbonyl (C=O) groups excluding carboxylic acids is 2. The van der Waals surface area contributed by atoms with Crippen molar-refractivity contribution in [2.45, 2.75) is 31.3 Å². The van der Waals surface area contributed by atoms with E-state index >= 15 is 0 Å². The number of piperidine rings is 1. The number of furan rings is 1. The number of carbonyl (C=O) groups is 2. The van der Waals surface area contributed by atoms with Crippen molar-refractivity contribution in [3.05, 3.63) is 24.2 Å². The number of hydrogen-bond donors (Lipinski definition) is 0. The van der Waals surface area contributed by atoms with Gasteiger partial charge in [0.2, 0.25) is 5.91 Å². The van der Waals surface area contributed by atoms with Gasteiger partial charge < -0.3 is 9.15 Å². The first kappa shape index (κ1) is 16.0. The second kappa shape index (κ2) is 6.33. The molecule has 0 aromatic carbocycles. The zero-order chi connectivity index (χ0) is 16.4. The zero-order valence-electron chi connectivity index (χ0n) is 13.5. The minimum atomic E-state index is -0.591. The van der Waals surface area contributed by atoms with E-state index in [1.807, 2.05) is 6.07 Å². The second-order valence-corrected chi connectivity index (χ2v) is 6.16. The molecule has 0 aliphatic carbocycles. The Hall–Kier alpha value is -1.86. The van der Waals surface area contributed by atoms with Gasteiger partial charge in [0, 0.05) is 31.6 Å². The molecular weight excluding hydrogens is 300 g/mol. The fourth-order valence-electron chi connectivity index (χ4n) is 3.86. The van der Waals surface area contributed by atoms with Crippen molar-refractivity contribution in [2.24, 2.45) is 5.92 Å². The first-order chi connectivity index (χ1) is 11.1. The van der Waals surface area contributed by atoms with Crippen molar-refractivity contribution in [1.82, 2.24) is 9.96 Å². The topological polar surface area (TPSA) is 72.2 Å². The van der Waals surface area contributed by atoms with E-state index in [0.29, 0.717) is 12.8 Å². The Morgan fingerprint density at radius 3 is 2.70 bits per heavy atom. The molecule has 7 heteroatoms. The van der Waals surface area contributed by atoms with Crippen LogP contribution in [0.5, 0.6) is 0 Å². The van der Waals surface area contributed by atoms with E-state index in [-0.39, 0.29) is 18.3 Å². The third kappa shape index (κ3) is 2.74. The van der Waals surface area contributed by atoms with Crippen molar-refractivity contribution in [3.63, 3.8) is 0 Å². The summed E-state index contributed by atoms with van der Waals surface area (Å²) in [5.74, 6) is -0.941. The molecular formula is C16H22N2O5. The highest BCUT2D eigenvalue weighted by atomic mass is 16.7. The molecule has 2 fully saturated rings. The molecule has 126 valence electrons. The normalized spacial score (nSPS) is 24.3. The van der Waals surface area contributed by atoms with Crippen molar-refractivity contribution in [3.8, 4) is 0 Å². The van der Waals surface area contributed by atoms with Gasteiger partial charge in [-0.1, -0.05) is 0 Å². The minimum absolute atomic E-state index is 0.147. The van der Waals surface area contributed by atoms with E-state index in [0.717, 1.165) is 25.2 Å². The lowest BCUT2D eigenvalue weighted by Crippen LogP contribution is -2.56. The summed E-state index contributed by atoms with van der Waals surface area (Å²) in [5, 5.41) is 1.41. The first-order valence-electron chi connectivity index (χ1n) is 7.79. The molecule has 1 atom stereocenters. The Morgan fingerprint density at radius 1 is 1.39 bits per heavy atom. The highest BCUT2D eigenvalue weighted by Crippen LogP contribution is 2.44. The highest BCUT2D eigenvalue weighted by Gasteiger charge is 2.58. The third-order valence-electron chi connectivity index (χ3n) is 5.03. The Morgan fingerprint density at radius 2 is 2.13 bits per heavy atom. The van der Waals surface area contributed by atoms with Gasteiger partial charge in [0.1, 0.15) is 0 Å². The van der Waals surface area contributed by atoms with Crippen LogP contribution in [0.2, 0.25) is 0 Å². The fourth-order valence-corrected chi connectivity index (χ4v) is 3.86. The average Bonchev–Trinajstić information content (AvgIpc) is 3.15. The van der Waals surface area contributed by atoms with Crippen molar-refractivity contribution in [1.29, 1.82) is 0 Å². The molecule has 2 saturated heterocycles. The van der Waals surface area contributed by atoms with Crippen LogP contribution in [0.25, 0.3) is 0 Å². The predicted molar refractivity (Wildman–Crippen MR) is 79.9 cm³/mol. The summed E-state index contributed by atoms with van der Waals surface area (Å²) in [4.78, 5) is 32.0. The Balaban J connectivity index is 1.74. The van der Waals surface area contributed by atoms with Crippen LogP contribution >= 0.6 is 0 Å². The van der Waals surface area contributed by atoms with Crippen molar-refractivity contribution >= 4 is 11.9 Å². The van der Waals surface area contributed by atoms with Gasteiger partial charge in [0.05, 0.1) is 38.2 Å². The lowest BCUT2D eigenvalue weighted by molar-refractivity contribution is -0.210. The molecule has 1 amide bonds. The molecule has 0 radical (unpaired) electrons. The van der Waals surface area contributed by atoms with Crippen LogP contribution < -0.4 is 0 Å². The maximum Gasteiger partial charge on any atom is 0.311 e. The maximum absolute atomic E-state index is 12.2. The molecule has 2 aliphatic heterocycles. The summed E-state index contributed by atoms with van der Waals surface area (Å²) in [5.41, 5.74) is 0.530. The summed E-state index contributed by atoms with van der Waals surface area (Å²) >= 11 is 0. The van der Waals surface area contributed by atoms with Gasteiger partial charge in [-0.2, -0.15) is 0 Å². The summed E-state index contributed by atoms with van der Waals surface area (Å²) in [6.07, 6.45) is 4.93. The van der Waals surface area contributed by atoms with E-state index < -0.39 is 11.5 Å². The minimum Gasteiger partial charge on any atom is -0.472 e. The molecule has 3 rings (SSSR count). The van der Waals surface area contributed by atoms with E-state index in [1.165, 1.54) is 19.3 Å². The monoisotopic (exact) mass is 322 g/mol. The van der Waals surface area contributed by atoms with Crippen LogP contribution in [0.15, 0.2) is 23.0 Å². The lowest BCUT2D eigenvalue weighted by Gasteiger charge is -2.45. The number of likely N-dealkylation sites (tertiary alicyclic amines) is 1. The molecule has 0 N–H and O–H groups in total. The van der Waals surface area contributed by atoms with Crippen LogP contribution in [-0.2, 0) is 25.7 Å². The summed E-state index contributed by atoms with van der Waals surface area (Å²) in [6, 6.07) is 1.95. The number of nitrogens with zero attached hydrogens (tertiary/aromatic N) is 2. The number of esters is 1. The van der Waals surface area contributed by atoms with E-state index in [9.17, 15) is 9.59 Å². The van der Waals surface area contributed by atoms with Crippen molar-refractivity contribution < 1.29 is 23.6 Å². The molecule has 1 aromatic rings. The van der Waals surface area contributed by atoms with Crippen LogP contribution in [-0.4, -0.2) is 54.7 Å². The second-order valence-electron chi connectivity index (χ2n) is 6.16. The van der Waals surface area contributed by atoms with Crippen LogP contribution in [0.1, 0.15) is 24.8 Å². The van der Waals surface area contributed by atoms with Gasteiger partial charge in [-0.25, -0.2) is 5.06 Å². The molecule has 0 bridgehead atoms. The molecule has 1 unspecified atom stereocenters. The molecule has 3 heterocycles. The van der Waals surface area contributed by atoms with E-state index in [1.54, 1.807) is 12.5 Å². The summed E-state index contributed by atoms with van der Waals surface area (Å²) in [6.45, 7) is 2.37. The molecule has 1 aromatic heterocycles. The van der Waals surface area contributed by atoms with Crippen molar-refractivity contribution in [2.75, 3.05) is 27.3 Å². The molecule has 23 heavy (non-hydrogen) atoms. The van der Waals surface area contributed by atoms with E-state index in [2.05, 4.69) is 4.90 Å². The maximum atomic E-state index is 12.2.